The fourth-order valence-electron chi connectivity index (χ4n) is 2.92. The van der Waals surface area contributed by atoms with Gasteiger partial charge in [0.15, 0.2) is 0 Å². The summed E-state index contributed by atoms with van der Waals surface area (Å²) in [6.45, 7) is 3.82. The van der Waals surface area contributed by atoms with E-state index in [4.69, 9.17) is 9.47 Å². The molecule has 3 rings (SSSR count). The van der Waals surface area contributed by atoms with Crippen molar-refractivity contribution in [1.82, 2.24) is 4.31 Å². The monoisotopic (exact) mass is 416 g/mol. The number of benzene rings is 2. The van der Waals surface area contributed by atoms with Gasteiger partial charge in [0.2, 0.25) is 15.9 Å². The molecule has 0 spiro atoms. The number of ether oxygens (including phenoxy) is 2. The fraction of sp³-hybridized carbons (Fsp3) is 0.286. The van der Waals surface area contributed by atoms with Crippen LogP contribution >= 0.6 is 0 Å². The molecular weight excluding hydrogens is 392 g/mol. The predicted octanol–water partition coefficient (Wildman–Crippen LogP) is 2.76. The van der Waals surface area contributed by atoms with E-state index in [-0.39, 0.29) is 10.8 Å². The van der Waals surface area contributed by atoms with Crippen LogP contribution in [0.3, 0.4) is 0 Å². The SMILES string of the molecule is CCOc1ccccc1/C=C/C(=O)Nc1cccc(S(=O)(=O)N2CCOCC2)c1. The lowest BCUT2D eigenvalue weighted by Gasteiger charge is -2.26. The summed E-state index contributed by atoms with van der Waals surface area (Å²) in [7, 11) is -3.62. The van der Waals surface area contributed by atoms with Gasteiger partial charge in [-0.1, -0.05) is 24.3 Å². The van der Waals surface area contributed by atoms with Crippen molar-refractivity contribution >= 4 is 27.7 Å². The summed E-state index contributed by atoms with van der Waals surface area (Å²) in [6.07, 6.45) is 3.05. The Labute approximate surface area is 171 Å². The summed E-state index contributed by atoms with van der Waals surface area (Å²) in [5, 5.41) is 2.70. The molecule has 2 aromatic carbocycles. The molecule has 1 aliphatic rings. The number of morpholine rings is 1. The summed E-state index contributed by atoms with van der Waals surface area (Å²) in [5.74, 6) is 0.329. The quantitative estimate of drug-likeness (QED) is 0.702. The number of para-hydroxylation sites is 1. The van der Waals surface area contributed by atoms with Crippen LogP contribution < -0.4 is 10.1 Å². The lowest BCUT2D eigenvalue weighted by molar-refractivity contribution is -0.111. The Morgan fingerprint density at radius 3 is 2.69 bits per heavy atom. The Bertz CT molecular complexity index is 982. The highest BCUT2D eigenvalue weighted by Gasteiger charge is 2.26. The second-order valence-corrected chi connectivity index (χ2v) is 8.28. The third-order valence-electron chi connectivity index (χ3n) is 4.34. The van der Waals surface area contributed by atoms with Crippen LogP contribution in [0.5, 0.6) is 5.75 Å². The predicted molar refractivity (Wildman–Crippen MR) is 111 cm³/mol. The van der Waals surface area contributed by atoms with E-state index in [1.54, 1.807) is 18.2 Å². The Morgan fingerprint density at radius 2 is 1.93 bits per heavy atom. The van der Waals surface area contributed by atoms with Gasteiger partial charge in [0.05, 0.1) is 24.7 Å². The highest BCUT2D eigenvalue weighted by molar-refractivity contribution is 7.89. The van der Waals surface area contributed by atoms with Crippen LogP contribution in [0.4, 0.5) is 5.69 Å². The standard InChI is InChI=1S/C21H24N2O5S/c1-2-28-20-9-4-3-6-17(20)10-11-21(24)22-18-7-5-8-19(16-18)29(25,26)23-12-14-27-15-13-23/h3-11,16H,2,12-15H2,1H3,(H,22,24)/b11-10+. The van der Waals surface area contributed by atoms with E-state index in [0.29, 0.717) is 44.3 Å². The molecule has 0 aromatic heterocycles. The van der Waals surface area contributed by atoms with Gasteiger partial charge in [-0.05, 0) is 37.3 Å². The smallest absolute Gasteiger partial charge is 0.248 e. The molecule has 2 aromatic rings. The third kappa shape index (κ3) is 5.44. The molecule has 1 N–H and O–H groups in total. The Morgan fingerprint density at radius 1 is 1.17 bits per heavy atom. The first-order valence-electron chi connectivity index (χ1n) is 9.39. The van der Waals surface area contributed by atoms with Gasteiger partial charge in [-0.25, -0.2) is 8.42 Å². The van der Waals surface area contributed by atoms with Crippen molar-refractivity contribution in [1.29, 1.82) is 0 Å². The first-order chi connectivity index (χ1) is 14.0. The van der Waals surface area contributed by atoms with Crippen molar-refractivity contribution < 1.29 is 22.7 Å². The van der Waals surface area contributed by atoms with Gasteiger partial charge in [-0.3, -0.25) is 4.79 Å². The first kappa shape index (κ1) is 21.0. The average Bonchev–Trinajstić information content (AvgIpc) is 2.74. The minimum absolute atomic E-state index is 0.142. The van der Waals surface area contributed by atoms with Crippen molar-refractivity contribution in [3.05, 3.63) is 60.2 Å². The number of hydrogen-bond donors (Lipinski definition) is 1. The number of nitrogens with zero attached hydrogens (tertiary/aromatic N) is 1. The van der Waals surface area contributed by atoms with Gasteiger partial charge in [0, 0.05) is 30.4 Å². The van der Waals surface area contributed by atoms with Gasteiger partial charge in [-0.15, -0.1) is 0 Å². The number of hydrogen-bond acceptors (Lipinski definition) is 5. The third-order valence-corrected chi connectivity index (χ3v) is 6.24. The number of nitrogens with one attached hydrogen (secondary N) is 1. The molecule has 154 valence electrons. The molecule has 0 radical (unpaired) electrons. The van der Waals surface area contributed by atoms with E-state index in [9.17, 15) is 13.2 Å². The Balaban J connectivity index is 1.71. The van der Waals surface area contributed by atoms with Crippen LogP contribution in [0.2, 0.25) is 0 Å². The van der Waals surface area contributed by atoms with E-state index in [1.165, 1.54) is 22.5 Å². The van der Waals surface area contributed by atoms with Gasteiger partial charge in [0.1, 0.15) is 5.75 Å². The highest BCUT2D eigenvalue weighted by atomic mass is 32.2. The van der Waals surface area contributed by atoms with Crippen molar-refractivity contribution in [3.8, 4) is 5.75 Å². The van der Waals surface area contributed by atoms with Gasteiger partial charge in [0.25, 0.3) is 0 Å². The average molecular weight is 416 g/mol. The van der Waals surface area contributed by atoms with Crippen LogP contribution in [-0.4, -0.2) is 51.5 Å². The maximum absolute atomic E-state index is 12.8. The van der Waals surface area contributed by atoms with Crippen LogP contribution in [0.25, 0.3) is 6.08 Å². The van der Waals surface area contributed by atoms with Crippen molar-refractivity contribution in [2.75, 3.05) is 38.2 Å². The number of rotatable bonds is 7. The zero-order chi connectivity index (χ0) is 20.7. The second-order valence-electron chi connectivity index (χ2n) is 6.34. The van der Waals surface area contributed by atoms with Crippen LogP contribution in [0.1, 0.15) is 12.5 Å². The van der Waals surface area contributed by atoms with E-state index in [2.05, 4.69) is 5.32 Å². The number of sulfonamides is 1. The van der Waals surface area contributed by atoms with Crippen LogP contribution in [0.15, 0.2) is 59.5 Å². The van der Waals surface area contributed by atoms with Crippen LogP contribution in [-0.2, 0) is 19.6 Å². The molecule has 0 atom stereocenters. The molecule has 8 heteroatoms. The maximum Gasteiger partial charge on any atom is 0.248 e. The van der Waals surface area contributed by atoms with E-state index in [0.717, 1.165) is 5.56 Å². The summed E-state index contributed by atoms with van der Waals surface area (Å²) >= 11 is 0. The largest absolute Gasteiger partial charge is 0.493 e. The second kappa shape index (κ2) is 9.69. The van der Waals surface area contributed by atoms with Crippen molar-refractivity contribution in [2.45, 2.75) is 11.8 Å². The molecule has 29 heavy (non-hydrogen) atoms. The zero-order valence-corrected chi connectivity index (χ0v) is 17.0. The maximum atomic E-state index is 12.8. The van der Waals surface area contributed by atoms with E-state index in [1.807, 2.05) is 31.2 Å². The number of amides is 1. The van der Waals surface area contributed by atoms with Gasteiger partial charge < -0.3 is 14.8 Å². The van der Waals surface area contributed by atoms with Gasteiger partial charge >= 0.3 is 0 Å². The fourth-order valence-corrected chi connectivity index (χ4v) is 4.38. The molecule has 0 bridgehead atoms. The molecule has 1 heterocycles. The van der Waals surface area contributed by atoms with Crippen molar-refractivity contribution in [2.24, 2.45) is 0 Å². The summed E-state index contributed by atoms with van der Waals surface area (Å²) < 4.78 is 37.7. The van der Waals surface area contributed by atoms with Gasteiger partial charge in [-0.2, -0.15) is 4.31 Å². The molecule has 1 saturated heterocycles. The molecule has 0 aliphatic carbocycles. The number of carbonyl (C=O) groups is 1. The summed E-state index contributed by atoms with van der Waals surface area (Å²) in [5.41, 5.74) is 1.19. The lowest BCUT2D eigenvalue weighted by atomic mass is 10.2. The topological polar surface area (TPSA) is 84.9 Å². The van der Waals surface area contributed by atoms with E-state index >= 15 is 0 Å². The normalized spacial score (nSPS) is 15.3. The Hall–Kier alpha value is -2.68. The molecule has 1 amide bonds. The molecule has 1 fully saturated rings. The molecular formula is C21H24N2O5S. The number of carbonyl (C=O) groups excluding carboxylic acids is 1. The highest BCUT2D eigenvalue weighted by Crippen LogP contribution is 2.21. The van der Waals surface area contributed by atoms with Crippen LogP contribution in [0, 0.1) is 0 Å². The van der Waals surface area contributed by atoms with E-state index < -0.39 is 10.0 Å². The number of anilines is 1. The summed E-state index contributed by atoms with van der Waals surface area (Å²) in [6, 6.07) is 13.7. The molecule has 0 unspecified atom stereocenters. The zero-order valence-electron chi connectivity index (χ0n) is 16.2. The molecule has 1 aliphatic heterocycles. The lowest BCUT2D eigenvalue weighted by Crippen LogP contribution is -2.40. The van der Waals surface area contributed by atoms with Crippen molar-refractivity contribution in [3.63, 3.8) is 0 Å². The minimum atomic E-state index is -3.62. The summed E-state index contributed by atoms with van der Waals surface area (Å²) in [4.78, 5) is 12.4. The first-order valence-corrected chi connectivity index (χ1v) is 10.8. The molecule has 7 nitrogen and oxygen atoms in total. The Kier molecular flexibility index (Phi) is 7.03. The molecule has 0 saturated carbocycles. The minimum Gasteiger partial charge on any atom is -0.493 e.